The first-order valence-electron chi connectivity index (χ1n) is 5.47. The quantitative estimate of drug-likeness (QED) is 0.726. The topological polar surface area (TPSA) is 15.8 Å². The smallest absolute Gasteiger partial charge is 0.0464 e. The summed E-state index contributed by atoms with van der Waals surface area (Å²) in [5, 5.41) is 3.88. The Morgan fingerprint density at radius 2 is 1.93 bits per heavy atom. The normalized spacial score (nSPS) is 14.4. The van der Waals surface area contributed by atoms with E-state index in [-0.39, 0.29) is 0 Å². The summed E-state index contributed by atoms with van der Waals surface area (Å²) in [6, 6.07) is 8.46. The van der Waals surface area contributed by atoms with Crippen molar-refractivity contribution in [3.8, 4) is 0 Å². The second-order valence-corrected chi connectivity index (χ2v) is 4.20. The van der Waals surface area contributed by atoms with Crippen LogP contribution in [0.4, 0.5) is 0 Å². The number of para-hydroxylation sites is 1. The highest BCUT2D eigenvalue weighted by atomic mass is 14.7. The highest BCUT2D eigenvalue weighted by Gasteiger charge is 1.98. The molecule has 15 heavy (non-hydrogen) atoms. The van der Waals surface area contributed by atoms with Crippen molar-refractivity contribution in [1.82, 2.24) is 4.98 Å². The molecule has 1 heteroatoms. The number of fused-ring (bicyclic) bond motifs is 1. The van der Waals surface area contributed by atoms with E-state index in [2.05, 4.69) is 62.2 Å². The van der Waals surface area contributed by atoms with Crippen LogP contribution < -0.4 is 10.6 Å². The van der Waals surface area contributed by atoms with E-state index in [4.69, 9.17) is 0 Å². The average molecular weight is 199 g/mol. The lowest BCUT2D eigenvalue weighted by Gasteiger charge is -1.92. The van der Waals surface area contributed by atoms with Gasteiger partial charge in [-0.3, -0.25) is 0 Å². The lowest BCUT2D eigenvalue weighted by Crippen LogP contribution is -2.22. The highest BCUT2D eigenvalue weighted by molar-refractivity contribution is 5.81. The van der Waals surface area contributed by atoms with Gasteiger partial charge in [-0.15, -0.1) is 0 Å². The molecule has 0 saturated carbocycles. The molecule has 0 fully saturated rings. The molecule has 0 bridgehead atoms. The fourth-order valence-corrected chi connectivity index (χ4v) is 1.93. The van der Waals surface area contributed by atoms with E-state index in [1.807, 2.05) is 0 Å². The molecular formula is C14H17N. The van der Waals surface area contributed by atoms with Crippen LogP contribution in [0.1, 0.15) is 20.8 Å². The van der Waals surface area contributed by atoms with Gasteiger partial charge >= 0.3 is 0 Å². The summed E-state index contributed by atoms with van der Waals surface area (Å²) in [6.45, 7) is 6.49. The molecule has 1 N–H and O–H groups in total. The molecule has 2 aromatic rings. The van der Waals surface area contributed by atoms with Crippen molar-refractivity contribution in [2.75, 3.05) is 0 Å². The van der Waals surface area contributed by atoms with Crippen LogP contribution in [0.5, 0.6) is 0 Å². The molecule has 0 amide bonds. The minimum atomic E-state index is 0.572. The predicted octanol–water partition coefficient (Wildman–Crippen LogP) is 2.40. The van der Waals surface area contributed by atoms with E-state index in [1.165, 1.54) is 21.5 Å². The summed E-state index contributed by atoms with van der Waals surface area (Å²) in [6.07, 6.45) is 4.45. The van der Waals surface area contributed by atoms with Crippen LogP contribution in [0.3, 0.4) is 0 Å². The van der Waals surface area contributed by atoms with Crippen LogP contribution in [0.25, 0.3) is 23.1 Å². The number of benzene rings is 1. The fraction of sp³-hybridized carbons (Fsp3) is 0.286. The standard InChI is InChI=1S/C14H17N/c1-4-13-12(9-10(2)3)11-7-5-6-8-14(11)15-13/h4-10,15H,1-3H3/b12-9-,13-4+. The first-order chi connectivity index (χ1) is 7.22. The zero-order valence-electron chi connectivity index (χ0n) is 9.54. The summed E-state index contributed by atoms with van der Waals surface area (Å²) in [7, 11) is 0. The number of rotatable bonds is 1. The van der Waals surface area contributed by atoms with Crippen molar-refractivity contribution in [1.29, 1.82) is 0 Å². The molecule has 0 spiro atoms. The number of aromatic amines is 1. The van der Waals surface area contributed by atoms with Crippen LogP contribution in [0, 0.1) is 5.92 Å². The Balaban J connectivity index is 2.92. The Kier molecular flexibility index (Phi) is 2.63. The molecule has 0 unspecified atom stereocenters. The molecule has 0 saturated heterocycles. The first-order valence-corrected chi connectivity index (χ1v) is 5.47. The predicted molar refractivity (Wildman–Crippen MR) is 67.0 cm³/mol. The van der Waals surface area contributed by atoms with Gasteiger partial charge in [-0.25, -0.2) is 0 Å². The van der Waals surface area contributed by atoms with Crippen molar-refractivity contribution in [2.45, 2.75) is 20.8 Å². The number of hydrogen-bond donors (Lipinski definition) is 1. The maximum absolute atomic E-state index is 3.43. The van der Waals surface area contributed by atoms with Crippen molar-refractivity contribution >= 4 is 23.1 Å². The first kappa shape index (κ1) is 10.0. The van der Waals surface area contributed by atoms with Gasteiger partial charge in [0.1, 0.15) is 0 Å². The van der Waals surface area contributed by atoms with Crippen molar-refractivity contribution < 1.29 is 0 Å². The van der Waals surface area contributed by atoms with Crippen molar-refractivity contribution in [3.63, 3.8) is 0 Å². The zero-order chi connectivity index (χ0) is 10.8. The SMILES string of the molecule is C/C=c1/[nH]c2ccccc2/c1=C/C(C)C. The van der Waals surface area contributed by atoms with Gasteiger partial charge in [0, 0.05) is 21.5 Å². The van der Waals surface area contributed by atoms with Gasteiger partial charge in [0.05, 0.1) is 0 Å². The number of hydrogen-bond acceptors (Lipinski definition) is 0. The third-order valence-corrected chi connectivity index (χ3v) is 2.57. The summed E-state index contributed by atoms with van der Waals surface area (Å²) in [5.74, 6) is 0.572. The summed E-state index contributed by atoms with van der Waals surface area (Å²) < 4.78 is 0. The third kappa shape index (κ3) is 1.82. The molecule has 0 atom stereocenters. The number of aromatic nitrogens is 1. The molecule has 0 radical (unpaired) electrons. The summed E-state index contributed by atoms with van der Waals surface area (Å²) in [4.78, 5) is 3.43. The highest BCUT2D eigenvalue weighted by Crippen LogP contribution is 2.04. The number of H-pyrrole nitrogens is 1. The average Bonchev–Trinajstić information content (AvgIpc) is 2.56. The molecule has 78 valence electrons. The Hall–Kier alpha value is -1.50. The molecular weight excluding hydrogens is 182 g/mol. The minimum Gasteiger partial charge on any atom is -0.355 e. The van der Waals surface area contributed by atoms with Gasteiger partial charge in [0.25, 0.3) is 0 Å². The Morgan fingerprint density at radius 1 is 1.20 bits per heavy atom. The largest absolute Gasteiger partial charge is 0.355 e. The second kappa shape index (κ2) is 3.93. The lowest BCUT2D eigenvalue weighted by molar-refractivity contribution is 0.881. The maximum atomic E-state index is 3.43. The monoisotopic (exact) mass is 199 g/mol. The molecule has 1 aromatic carbocycles. The number of nitrogens with one attached hydrogen (secondary N) is 1. The van der Waals surface area contributed by atoms with E-state index in [9.17, 15) is 0 Å². The van der Waals surface area contributed by atoms with E-state index >= 15 is 0 Å². The van der Waals surface area contributed by atoms with Crippen LogP contribution in [-0.4, -0.2) is 4.98 Å². The summed E-state index contributed by atoms with van der Waals surface area (Å²) >= 11 is 0. The zero-order valence-corrected chi connectivity index (χ0v) is 9.54. The van der Waals surface area contributed by atoms with E-state index in [0.29, 0.717) is 5.92 Å². The molecule has 1 aromatic heterocycles. The fourth-order valence-electron chi connectivity index (χ4n) is 1.93. The van der Waals surface area contributed by atoms with Gasteiger partial charge in [0.2, 0.25) is 0 Å². The van der Waals surface area contributed by atoms with Gasteiger partial charge in [0.15, 0.2) is 0 Å². The van der Waals surface area contributed by atoms with Crippen LogP contribution in [0.2, 0.25) is 0 Å². The van der Waals surface area contributed by atoms with Crippen molar-refractivity contribution in [2.24, 2.45) is 5.92 Å². The Labute approximate surface area is 90.1 Å². The van der Waals surface area contributed by atoms with Gasteiger partial charge in [-0.2, -0.15) is 0 Å². The molecule has 0 aliphatic carbocycles. The molecule has 0 aliphatic heterocycles. The second-order valence-electron chi connectivity index (χ2n) is 4.20. The van der Waals surface area contributed by atoms with Gasteiger partial charge in [-0.05, 0) is 18.9 Å². The molecule has 1 nitrogen and oxygen atoms in total. The lowest BCUT2D eigenvalue weighted by atomic mass is 10.1. The molecule has 0 aliphatic rings. The Morgan fingerprint density at radius 3 is 2.60 bits per heavy atom. The van der Waals surface area contributed by atoms with E-state index in [1.54, 1.807) is 0 Å². The molecule has 2 rings (SSSR count). The van der Waals surface area contributed by atoms with Gasteiger partial charge in [-0.1, -0.05) is 44.2 Å². The van der Waals surface area contributed by atoms with Crippen LogP contribution in [0.15, 0.2) is 24.3 Å². The van der Waals surface area contributed by atoms with Crippen LogP contribution in [-0.2, 0) is 0 Å². The van der Waals surface area contributed by atoms with Crippen LogP contribution >= 0.6 is 0 Å². The third-order valence-electron chi connectivity index (χ3n) is 2.57. The maximum Gasteiger partial charge on any atom is 0.0464 e. The Bertz CT molecular complexity index is 573. The van der Waals surface area contributed by atoms with E-state index < -0.39 is 0 Å². The summed E-state index contributed by atoms with van der Waals surface area (Å²) in [5.41, 5.74) is 1.22. The van der Waals surface area contributed by atoms with Gasteiger partial charge < -0.3 is 4.98 Å². The minimum absolute atomic E-state index is 0.572. The van der Waals surface area contributed by atoms with Crippen molar-refractivity contribution in [3.05, 3.63) is 34.8 Å². The van der Waals surface area contributed by atoms with E-state index in [0.717, 1.165) is 0 Å². The molecule has 1 heterocycles.